The molecule has 0 bridgehead atoms. The molecular formula is C22H26F2N2O2. The summed E-state index contributed by atoms with van der Waals surface area (Å²) < 4.78 is 27.7. The van der Waals surface area contributed by atoms with E-state index in [4.69, 9.17) is 0 Å². The summed E-state index contributed by atoms with van der Waals surface area (Å²) in [5.74, 6) is -3.57. The minimum absolute atomic E-state index is 0.274. The van der Waals surface area contributed by atoms with Crippen LogP contribution in [0, 0.1) is 31.4 Å². The highest BCUT2D eigenvalue weighted by Crippen LogP contribution is 2.20. The largest absolute Gasteiger partial charge is 0.348 e. The molecule has 2 rings (SSSR count). The van der Waals surface area contributed by atoms with E-state index >= 15 is 0 Å². The molecule has 2 aromatic carbocycles. The second kappa shape index (κ2) is 8.95. The fourth-order valence-electron chi connectivity index (χ4n) is 3.07. The van der Waals surface area contributed by atoms with E-state index < -0.39 is 35.1 Å². The lowest BCUT2D eigenvalue weighted by Gasteiger charge is -2.25. The Labute approximate surface area is 164 Å². The second-order valence-corrected chi connectivity index (χ2v) is 7.38. The number of amides is 2. The van der Waals surface area contributed by atoms with Crippen LogP contribution in [0.4, 0.5) is 8.78 Å². The molecule has 150 valence electrons. The summed E-state index contributed by atoms with van der Waals surface area (Å²) in [5, 5.41) is 5.36. The summed E-state index contributed by atoms with van der Waals surface area (Å²) in [5.41, 5.74) is 2.40. The van der Waals surface area contributed by atoms with Gasteiger partial charge in [0, 0.05) is 0 Å². The number of hydrogen-bond acceptors (Lipinski definition) is 2. The molecule has 0 heterocycles. The van der Waals surface area contributed by atoms with E-state index in [0.717, 1.165) is 28.8 Å². The van der Waals surface area contributed by atoms with Crippen molar-refractivity contribution in [1.82, 2.24) is 10.6 Å². The summed E-state index contributed by atoms with van der Waals surface area (Å²) in [4.78, 5) is 25.2. The summed E-state index contributed by atoms with van der Waals surface area (Å²) in [7, 11) is 0. The molecular weight excluding hydrogens is 362 g/mol. The maximum atomic E-state index is 13.9. The number of benzene rings is 2. The zero-order valence-corrected chi connectivity index (χ0v) is 16.8. The highest BCUT2D eigenvalue weighted by Gasteiger charge is 2.28. The van der Waals surface area contributed by atoms with Gasteiger partial charge in [-0.1, -0.05) is 43.7 Å². The molecule has 0 aliphatic carbocycles. The molecule has 0 radical (unpaired) electrons. The van der Waals surface area contributed by atoms with E-state index in [0.29, 0.717) is 0 Å². The Morgan fingerprint density at radius 2 is 1.54 bits per heavy atom. The van der Waals surface area contributed by atoms with Gasteiger partial charge >= 0.3 is 0 Å². The van der Waals surface area contributed by atoms with Gasteiger partial charge in [0.05, 0.1) is 6.04 Å². The van der Waals surface area contributed by atoms with Gasteiger partial charge in [-0.25, -0.2) is 8.78 Å². The van der Waals surface area contributed by atoms with Crippen molar-refractivity contribution in [2.45, 2.75) is 46.7 Å². The van der Waals surface area contributed by atoms with Crippen molar-refractivity contribution in [3.05, 3.63) is 70.3 Å². The number of rotatable bonds is 6. The molecule has 2 amide bonds. The third kappa shape index (κ3) is 4.94. The Balaban J connectivity index is 2.18. The number of carbonyl (C=O) groups excluding carboxylic acids is 2. The number of nitrogens with one attached hydrogen (secondary N) is 2. The molecule has 0 aromatic heterocycles. The van der Waals surface area contributed by atoms with E-state index in [1.54, 1.807) is 13.8 Å². The molecule has 2 aromatic rings. The molecule has 2 N–H and O–H groups in total. The van der Waals surface area contributed by atoms with Gasteiger partial charge in [0.2, 0.25) is 5.91 Å². The average Bonchev–Trinajstić information content (AvgIpc) is 2.61. The van der Waals surface area contributed by atoms with Gasteiger partial charge in [0.15, 0.2) is 0 Å². The highest BCUT2D eigenvalue weighted by atomic mass is 19.1. The fraction of sp³-hybridized carbons (Fsp3) is 0.364. The third-order valence-corrected chi connectivity index (χ3v) is 4.69. The Kier molecular flexibility index (Phi) is 6.89. The molecule has 6 heteroatoms. The van der Waals surface area contributed by atoms with E-state index in [2.05, 4.69) is 10.6 Å². The van der Waals surface area contributed by atoms with Gasteiger partial charge in [-0.05, 0) is 49.9 Å². The van der Waals surface area contributed by atoms with Crippen molar-refractivity contribution < 1.29 is 18.4 Å². The van der Waals surface area contributed by atoms with Crippen molar-refractivity contribution in [1.29, 1.82) is 0 Å². The van der Waals surface area contributed by atoms with E-state index in [-0.39, 0.29) is 12.0 Å². The summed E-state index contributed by atoms with van der Waals surface area (Å²) in [6.07, 6.45) is 0. The zero-order chi connectivity index (χ0) is 21.0. The second-order valence-electron chi connectivity index (χ2n) is 7.38. The van der Waals surface area contributed by atoms with Crippen molar-refractivity contribution in [3.8, 4) is 0 Å². The summed E-state index contributed by atoms with van der Waals surface area (Å²) in [6, 6.07) is 7.95. The van der Waals surface area contributed by atoms with Gasteiger partial charge in [-0.15, -0.1) is 0 Å². The van der Waals surface area contributed by atoms with Gasteiger partial charge in [-0.3, -0.25) is 9.59 Å². The number of hydrogen-bond donors (Lipinski definition) is 2. The first-order valence-corrected chi connectivity index (χ1v) is 9.24. The van der Waals surface area contributed by atoms with Crippen LogP contribution in [0.5, 0.6) is 0 Å². The molecule has 4 nitrogen and oxygen atoms in total. The molecule has 0 aliphatic heterocycles. The van der Waals surface area contributed by atoms with Crippen molar-refractivity contribution in [2.24, 2.45) is 5.92 Å². The zero-order valence-electron chi connectivity index (χ0n) is 16.8. The Hall–Kier alpha value is -2.76. The first-order chi connectivity index (χ1) is 13.1. The number of aryl methyl sites for hydroxylation is 2. The SMILES string of the molecule is Cc1ccc(C)c([C@H](C)NC(=O)[C@H](NC(=O)c2c(F)cccc2F)C(C)C)c1. The first kappa shape index (κ1) is 21.5. The van der Waals surface area contributed by atoms with Crippen LogP contribution in [-0.4, -0.2) is 17.9 Å². The first-order valence-electron chi connectivity index (χ1n) is 9.24. The van der Waals surface area contributed by atoms with Gasteiger partial charge in [0.25, 0.3) is 5.91 Å². The van der Waals surface area contributed by atoms with Crippen LogP contribution in [0.1, 0.15) is 53.9 Å². The lowest BCUT2D eigenvalue weighted by Crippen LogP contribution is -2.50. The van der Waals surface area contributed by atoms with E-state index in [1.165, 1.54) is 6.07 Å². The van der Waals surface area contributed by atoms with E-state index in [9.17, 15) is 18.4 Å². The van der Waals surface area contributed by atoms with Crippen LogP contribution in [0.3, 0.4) is 0 Å². The maximum absolute atomic E-state index is 13.9. The smallest absolute Gasteiger partial charge is 0.257 e. The molecule has 0 saturated carbocycles. The van der Waals surface area contributed by atoms with Crippen LogP contribution in [0.2, 0.25) is 0 Å². The molecule has 0 fully saturated rings. The molecule has 2 atom stereocenters. The quantitative estimate of drug-likeness (QED) is 0.779. The minimum atomic E-state index is -0.968. The van der Waals surface area contributed by atoms with Gasteiger partial charge < -0.3 is 10.6 Å². The molecule has 0 aliphatic rings. The average molecular weight is 388 g/mol. The van der Waals surface area contributed by atoms with Gasteiger partial charge in [-0.2, -0.15) is 0 Å². The fourth-order valence-corrected chi connectivity index (χ4v) is 3.07. The topological polar surface area (TPSA) is 58.2 Å². The number of carbonyl (C=O) groups is 2. The van der Waals surface area contributed by atoms with Crippen LogP contribution >= 0.6 is 0 Å². The molecule has 0 unspecified atom stereocenters. The predicted octanol–water partition coefficient (Wildman–Crippen LogP) is 4.21. The molecule has 0 spiro atoms. The Morgan fingerprint density at radius 1 is 0.929 bits per heavy atom. The monoisotopic (exact) mass is 388 g/mol. The van der Waals surface area contributed by atoms with Crippen LogP contribution in [0.15, 0.2) is 36.4 Å². The lowest BCUT2D eigenvalue weighted by atomic mass is 9.98. The van der Waals surface area contributed by atoms with E-state index in [1.807, 2.05) is 39.0 Å². The van der Waals surface area contributed by atoms with Crippen molar-refractivity contribution in [3.63, 3.8) is 0 Å². The Morgan fingerprint density at radius 3 is 2.11 bits per heavy atom. The normalized spacial score (nSPS) is 13.1. The van der Waals surface area contributed by atoms with Gasteiger partial charge in [0.1, 0.15) is 23.2 Å². The summed E-state index contributed by atoms with van der Waals surface area (Å²) in [6.45, 7) is 9.29. The standard InChI is InChI=1S/C22H26F2N2O2/c1-12(2)20(26-21(27)19-17(23)7-6-8-18(19)24)22(28)25-15(5)16-11-13(3)9-10-14(16)4/h6-12,15,20H,1-5H3,(H,25,28)(H,26,27)/t15-,20+/m0/s1. The predicted molar refractivity (Wildman–Crippen MR) is 105 cm³/mol. The Bertz CT molecular complexity index is 861. The summed E-state index contributed by atoms with van der Waals surface area (Å²) >= 11 is 0. The van der Waals surface area contributed by atoms with Crippen molar-refractivity contribution >= 4 is 11.8 Å². The third-order valence-electron chi connectivity index (χ3n) is 4.69. The molecule has 28 heavy (non-hydrogen) atoms. The highest BCUT2D eigenvalue weighted by molar-refractivity contribution is 5.98. The van der Waals surface area contributed by atoms with Crippen LogP contribution in [-0.2, 0) is 4.79 Å². The lowest BCUT2D eigenvalue weighted by molar-refractivity contribution is -0.124. The van der Waals surface area contributed by atoms with Crippen molar-refractivity contribution in [2.75, 3.05) is 0 Å². The maximum Gasteiger partial charge on any atom is 0.257 e. The van der Waals surface area contributed by atoms with Crippen LogP contribution in [0.25, 0.3) is 0 Å². The van der Waals surface area contributed by atoms with Crippen LogP contribution < -0.4 is 10.6 Å². The number of halogens is 2. The minimum Gasteiger partial charge on any atom is -0.348 e. The molecule has 0 saturated heterocycles.